The van der Waals surface area contributed by atoms with Crippen molar-refractivity contribution < 1.29 is 9.53 Å². The number of nitrogens with one attached hydrogen (secondary N) is 1. The number of rotatable bonds is 3. The average molecular weight is 314 g/mol. The maximum Gasteiger partial charge on any atom is 0.337 e. The van der Waals surface area contributed by atoms with Gasteiger partial charge >= 0.3 is 5.97 Å². The van der Waals surface area contributed by atoms with E-state index in [-0.39, 0.29) is 5.28 Å². The topological polar surface area (TPSA) is 64.1 Å². The number of fused-ring (bicyclic) bond motifs is 1. The number of methoxy groups -OCH3 is 1. The summed E-state index contributed by atoms with van der Waals surface area (Å²) in [6, 6.07) is 14.5. The lowest BCUT2D eigenvalue weighted by Gasteiger charge is -2.10. The van der Waals surface area contributed by atoms with Gasteiger partial charge in [0.25, 0.3) is 0 Å². The van der Waals surface area contributed by atoms with Crippen molar-refractivity contribution in [3.8, 4) is 0 Å². The molecule has 6 heteroatoms. The highest BCUT2D eigenvalue weighted by Gasteiger charge is 2.09. The van der Waals surface area contributed by atoms with Gasteiger partial charge in [-0.3, -0.25) is 0 Å². The fourth-order valence-corrected chi connectivity index (χ4v) is 2.30. The number of halogens is 1. The van der Waals surface area contributed by atoms with E-state index in [1.54, 1.807) is 18.2 Å². The smallest absolute Gasteiger partial charge is 0.337 e. The van der Waals surface area contributed by atoms with Crippen LogP contribution in [0.1, 0.15) is 10.4 Å². The van der Waals surface area contributed by atoms with Crippen LogP contribution in [0.25, 0.3) is 10.9 Å². The number of carbonyl (C=O) groups is 1. The van der Waals surface area contributed by atoms with Crippen LogP contribution in [0.5, 0.6) is 0 Å². The van der Waals surface area contributed by atoms with Crippen LogP contribution in [-0.2, 0) is 4.74 Å². The van der Waals surface area contributed by atoms with Crippen LogP contribution in [0.3, 0.4) is 0 Å². The molecule has 1 N–H and O–H groups in total. The van der Waals surface area contributed by atoms with Crippen LogP contribution in [-0.4, -0.2) is 23.0 Å². The second-order valence-corrected chi connectivity index (χ2v) is 4.89. The molecule has 1 aromatic heterocycles. The molecule has 0 aliphatic heterocycles. The van der Waals surface area contributed by atoms with Gasteiger partial charge < -0.3 is 10.1 Å². The van der Waals surface area contributed by atoms with Gasteiger partial charge in [-0.1, -0.05) is 18.2 Å². The third-order valence-corrected chi connectivity index (χ3v) is 3.29. The van der Waals surface area contributed by atoms with Crippen molar-refractivity contribution in [2.45, 2.75) is 0 Å². The van der Waals surface area contributed by atoms with E-state index in [0.717, 1.165) is 10.9 Å². The zero-order chi connectivity index (χ0) is 15.5. The van der Waals surface area contributed by atoms with Gasteiger partial charge in [-0.2, -0.15) is 4.98 Å². The van der Waals surface area contributed by atoms with Gasteiger partial charge in [0.1, 0.15) is 5.82 Å². The average Bonchev–Trinajstić information content (AvgIpc) is 2.54. The van der Waals surface area contributed by atoms with E-state index >= 15 is 0 Å². The second-order valence-electron chi connectivity index (χ2n) is 4.56. The van der Waals surface area contributed by atoms with Crippen molar-refractivity contribution in [2.75, 3.05) is 12.4 Å². The number of benzene rings is 2. The molecule has 3 aromatic rings. The fraction of sp³-hybridized carbons (Fsp3) is 0.0625. The predicted molar refractivity (Wildman–Crippen MR) is 85.6 cm³/mol. The summed E-state index contributed by atoms with van der Waals surface area (Å²) >= 11 is 5.96. The van der Waals surface area contributed by atoms with E-state index in [2.05, 4.69) is 15.3 Å². The van der Waals surface area contributed by atoms with Crippen molar-refractivity contribution in [1.29, 1.82) is 0 Å². The molecule has 0 radical (unpaired) electrons. The zero-order valence-corrected chi connectivity index (χ0v) is 12.5. The largest absolute Gasteiger partial charge is 0.465 e. The Bertz CT molecular complexity index is 852. The maximum atomic E-state index is 11.6. The highest BCUT2D eigenvalue weighted by Crippen LogP contribution is 2.25. The Balaban J connectivity index is 2.02. The molecular weight excluding hydrogens is 302 g/mol. The summed E-state index contributed by atoms with van der Waals surface area (Å²) in [4.78, 5) is 20.0. The molecule has 3 rings (SSSR count). The molecule has 5 nitrogen and oxygen atoms in total. The summed E-state index contributed by atoms with van der Waals surface area (Å²) in [5.74, 6) is 0.187. The first-order valence-corrected chi connectivity index (χ1v) is 6.93. The molecular formula is C16H12ClN3O2. The molecule has 0 saturated heterocycles. The Morgan fingerprint density at radius 2 is 1.95 bits per heavy atom. The summed E-state index contributed by atoms with van der Waals surface area (Å²) in [5, 5.41) is 4.16. The number of para-hydroxylation sites is 1. The Kier molecular flexibility index (Phi) is 3.89. The Morgan fingerprint density at radius 3 is 2.77 bits per heavy atom. The molecule has 22 heavy (non-hydrogen) atoms. The number of carbonyl (C=O) groups excluding carboxylic acids is 1. The van der Waals surface area contributed by atoms with Gasteiger partial charge in [-0.25, -0.2) is 9.78 Å². The lowest BCUT2D eigenvalue weighted by Crippen LogP contribution is -2.02. The number of aromatic nitrogens is 2. The molecule has 0 saturated carbocycles. The molecule has 0 aliphatic carbocycles. The predicted octanol–water partition coefficient (Wildman–Crippen LogP) is 3.81. The van der Waals surface area contributed by atoms with Crippen LogP contribution in [0, 0.1) is 0 Å². The number of anilines is 2. The van der Waals surface area contributed by atoms with Crippen molar-refractivity contribution in [3.05, 3.63) is 59.4 Å². The summed E-state index contributed by atoms with van der Waals surface area (Å²) in [7, 11) is 1.35. The molecule has 0 unspecified atom stereocenters. The lowest BCUT2D eigenvalue weighted by atomic mass is 10.2. The molecule has 1 heterocycles. The van der Waals surface area contributed by atoms with E-state index in [0.29, 0.717) is 17.1 Å². The fourth-order valence-electron chi connectivity index (χ4n) is 2.12. The molecule has 0 atom stereocenters. The number of ether oxygens (including phenoxy) is 1. The summed E-state index contributed by atoms with van der Waals surface area (Å²) in [6.07, 6.45) is 0. The van der Waals surface area contributed by atoms with Crippen LogP contribution >= 0.6 is 11.6 Å². The molecule has 0 spiro atoms. The minimum atomic E-state index is -0.394. The number of hydrogen-bond acceptors (Lipinski definition) is 5. The lowest BCUT2D eigenvalue weighted by molar-refractivity contribution is 0.0601. The van der Waals surface area contributed by atoms with Crippen molar-refractivity contribution in [1.82, 2.24) is 9.97 Å². The minimum absolute atomic E-state index is 0.158. The summed E-state index contributed by atoms with van der Waals surface area (Å²) < 4.78 is 4.72. The molecule has 0 fully saturated rings. The van der Waals surface area contributed by atoms with Crippen molar-refractivity contribution in [2.24, 2.45) is 0 Å². The van der Waals surface area contributed by atoms with E-state index in [1.165, 1.54) is 7.11 Å². The Labute approximate surface area is 131 Å². The molecule has 110 valence electrons. The van der Waals surface area contributed by atoms with Gasteiger partial charge in [-0.05, 0) is 41.9 Å². The highest BCUT2D eigenvalue weighted by atomic mass is 35.5. The normalized spacial score (nSPS) is 10.5. The van der Waals surface area contributed by atoms with E-state index in [9.17, 15) is 4.79 Å². The van der Waals surface area contributed by atoms with E-state index in [1.807, 2.05) is 30.3 Å². The Hall–Kier alpha value is -2.66. The van der Waals surface area contributed by atoms with Crippen LogP contribution in [0.4, 0.5) is 11.5 Å². The van der Waals surface area contributed by atoms with Gasteiger partial charge in [0.15, 0.2) is 0 Å². The first-order valence-electron chi connectivity index (χ1n) is 6.55. The van der Waals surface area contributed by atoms with E-state index in [4.69, 9.17) is 16.3 Å². The minimum Gasteiger partial charge on any atom is -0.465 e. The number of esters is 1. The highest BCUT2D eigenvalue weighted by molar-refractivity contribution is 6.28. The Morgan fingerprint density at radius 1 is 1.14 bits per heavy atom. The first kappa shape index (κ1) is 14.3. The molecule has 0 aliphatic rings. The third kappa shape index (κ3) is 2.84. The van der Waals surface area contributed by atoms with Crippen LogP contribution in [0.15, 0.2) is 48.5 Å². The van der Waals surface area contributed by atoms with Crippen molar-refractivity contribution >= 4 is 40.0 Å². The quantitative estimate of drug-likeness (QED) is 0.588. The molecule has 2 aromatic carbocycles. The monoisotopic (exact) mass is 313 g/mol. The van der Waals surface area contributed by atoms with Gasteiger partial charge in [-0.15, -0.1) is 0 Å². The zero-order valence-electron chi connectivity index (χ0n) is 11.7. The second kappa shape index (κ2) is 5.99. The standard InChI is InChI=1S/C16H12ClN3O2/c1-22-15(21)10-5-4-6-11(9-10)18-14-12-7-2-3-8-13(12)19-16(17)20-14/h2-9H,1H3,(H,18,19,20). The SMILES string of the molecule is COC(=O)c1cccc(Nc2nc(Cl)nc3ccccc23)c1. The van der Waals surface area contributed by atoms with Gasteiger partial charge in [0.2, 0.25) is 5.28 Å². The van der Waals surface area contributed by atoms with Crippen LogP contribution in [0.2, 0.25) is 5.28 Å². The van der Waals surface area contributed by atoms with Gasteiger partial charge in [0, 0.05) is 11.1 Å². The first-order chi connectivity index (χ1) is 10.7. The third-order valence-electron chi connectivity index (χ3n) is 3.12. The number of nitrogens with zero attached hydrogens (tertiary/aromatic N) is 2. The van der Waals surface area contributed by atoms with Gasteiger partial charge in [0.05, 0.1) is 18.2 Å². The molecule has 0 amide bonds. The summed E-state index contributed by atoms with van der Waals surface area (Å²) in [5.41, 5.74) is 1.91. The summed E-state index contributed by atoms with van der Waals surface area (Å²) in [6.45, 7) is 0. The number of hydrogen-bond donors (Lipinski definition) is 1. The van der Waals surface area contributed by atoms with Crippen molar-refractivity contribution in [3.63, 3.8) is 0 Å². The maximum absolute atomic E-state index is 11.6. The van der Waals surface area contributed by atoms with E-state index < -0.39 is 5.97 Å². The van der Waals surface area contributed by atoms with Crippen LogP contribution < -0.4 is 5.32 Å². The molecule has 0 bridgehead atoms.